The van der Waals surface area contributed by atoms with Crippen LogP contribution in [0.25, 0.3) is 0 Å². The second kappa shape index (κ2) is 6.57. The van der Waals surface area contributed by atoms with Crippen LogP contribution in [0.3, 0.4) is 0 Å². The highest BCUT2D eigenvalue weighted by Gasteiger charge is 2.45. The maximum absolute atomic E-state index is 13.3. The highest BCUT2D eigenvalue weighted by molar-refractivity contribution is 5.95. The van der Waals surface area contributed by atoms with Crippen molar-refractivity contribution in [2.45, 2.75) is 25.7 Å². The van der Waals surface area contributed by atoms with Crippen molar-refractivity contribution in [1.29, 1.82) is 0 Å². The summed E-state index contributed by atoms with van der Waals surface area (Å²) in [5.41, 5.74) is 2.77. The van der Waals surface area contributed by atoms with Crippen LogP contribution in [0.4, 0.5) is 4.39 Å². The molecule has 5 heteroatoms. The van der Waals surface area contributed by atoms with Gasteiger partial charge in [-0.3, -0.25) is 4.79 Å². The molecule has 0 bridgehead atoms. The summed E-state index contributed by atoms with van der Waals surface area (Å²) in [6.45, 7) is 2.81. The lowest BCUT2D eigenvalue weighted by Gasteiger charge is -2.34. The molecule has 0 fully saturated rings. The number of carbonyl (C=O) groups is 1. The van der Waals surface area contributed by atoms with E-state index in [0.717, 1.165) is 16.7 Å². The molecule has 0 radical (unpaired) electrons. The Hall–Kier alpha value is -2.66. The zero-order valence-corrected chi connectivity index (χ0v) is 14.4. The molecule has 1 amide bonds. The van der Waals surface area contributed by atoms with Gasteiger partial charge in [0.15, 0.2) is 5.76 Å². The summed E-state index contributed by atoms with van der Waals surface area (Å²) in [5.74, 6) is -0.693. The van der Waals surface area contributed by atoms with Crippen molar-refractivity contribution >= 4 is 5.91 Å². The number of nitrogens with zero attached hydrogens (tertiary/aromatic N) is 1. The first kappa shape index (κ1) is 16.8. The minimum Gasteiger partial charge on any atom is -0.459 e. The Balaban J connectivity index is 1.66. The fraction of sp³-hybridized carbons (Fsp3) is 0.286. The molecule has 2 aliphatic heterocycles. The molecule has 2 heterocycles. The molecule has 2 aliphatic rings. The quantitative estimate of drug-likeness (QED) is 0.922. The lowest BCUT2D eigenvalue weighted by Crippen LogP contribution is -2.33. The van der Waals surface area contributed by atoms with Crippen molar-refractivity contribution in [3.05, 3.63) is 82.9 Å². The molecule has 4 rings (SSSR count). The standard InChI is InChI=1S/C21H20FNO3/c1-13-18(15-7-9-16(22)10-8-15)17-12-23(11-14-5-3-2-4-6-14)20(24)19(17)26-21(13)25/h2-10,13,18,21,25H,11-12H2,1H3/t13-,18+,21+/m1/s1. The molecule has 0 aromatic heterocycles. The monoisotopic (exact) mass is 353 g/mol. The molecule has 0 spiro atoms. The predicted molar refractivity (Wildman–Crippen MR) is 94.3 cm³/mol. The summed E-state index contributed by atoms with van der Waals surface area (Å²) >= 11 is 0. The number of benzene rings is 2. The van der Waals surface area contributed by atoms with Crippen molar-refractivity contribution < 1.29 is 19.0 Å². The number of rotatable bonds is 3. The minimum atomic E-state index is -1.07. The van der Waals surface area contributed by atoms with Crippen LogP contribution < -0.4 is 0 Å². The van der Waals surface area contributed by atoms with E-state index in [-0.39, 0.29) is 29.3 Å². The Bertz CT molecular complexity index is 847. The number of hydrogen-bond acceptors (Lipinski definition) is 3. The molecule has 2 aromatic carbocycles. The van der Waals surface area contributed by atoms with E-state index >= 15 is 0 Å². The summed E-state index contributed by atoms with van der Waals surface area (Å²) in [5, 5.41) is 10.3. The van der Waals surface area contributed by atoms with Gasteiger partial charge in [0.1, 0.15) is 5.82 Å². The van der Waals surface area contributed by atoms with Gasteiger partial charge in [-0.05, 0) is 23.3 Å². The molecule has 134 valence electrons. The van der Waals surface area contributed by atoms with E-state index in [2.05, 4.69) is 0 Å². The minimum absolute atomic E-state index is 0.181. The topological polar surface area (TPSA) is 49.8 Å². The van der Waals surface area contributed by atoms with Gasteiger partial charge < -0.3 is 14.7 Å². The lowest BCUT2D eigenvalue weighted by molar-refractivity contribution is -0.144. The van der Waals surface area contributed by atoms with E-state index in [1.807, 2.05) is 37.3 Å². The smallest absolute Gasteiger partial charge is 0.289 e. The molecule has 0 saturated carbocycles. The zero-order chi connectivity index (χ0) is 18.3. The Morgan fingerprint density at radius 3 is 2.54 bits per heavy atom. The highest BCUT2D eigenvalue weighted by atomic mass is 19.1. The Kier molecular flexibility index (Phi) is 4.24. The summed E-state index contributed by atoms with van der Waals surface area (Å²) in [6.07, 6.45) is -1.07. The van der Waals surface area contributed by atoms with Crippen LogP contribution in [0, 0.1) is 11.7 Å². The molecule has 26 heavy (non-hydrogen) atoms. The van der Waals surface area contributed by atoms with Gasteiger partial charge in [0, 0.05) is 30.5 Å². The normalized spacial score (nSPS) is 25.3. The van der Waals surface area contributed by atoms with Gasteiger partial charge in [-0.15, -0.1) is 0 Å². The van der Waals surface area contributed by atoms with E-state index in [1.165, 1.54) is 12.1 Å². The van der Waals surface area contributed by atoms with E-state index in [1.54, 1.807) is 17.0 Å². The molecule has 0 saturated heterocycles. The van der Waals surface area contributed by atoms with E-state index < -0.39 is 6.29 Å². The molecule has 0 aliphatic carbocycles. The SMILES string of the molecule is C[C@@H]1[C@@H](c2ccc(F)cc2)C2=C(O[C@@H]1O)C(=O)N(Cc1ccccc1)C2. The lowest BCUT2D eigenvalue weighted by atomic mass is 9.79. The maximum atomic E-state index is 13.3. The van der Waals surface area contributed by atoms with Crippen molar-refractivity contribution in [3.63, 3.8) is 0 Å². The van der Waals surface area contributed by atoms with E-state index in [0.29, 0.717) is 13.1 Å². The summed E-state index contributed by atoms with van der Waals surface area (Å²) in [4.78, 5) is 14.5. The predicted octanol–water partition coefficient (Wildman–Crippen LogP) is 3.19. The average Bonchev–Trinajstić information content (AvgIpc) is 2.94. The van der Waals surface area contributed by atoms with Crippen molar-refractivity contribution in [2.75, 3.05) is 6.54 Å². The summed E-state index contributed by atoms with van der Waals surface area (Å²) in [7, 11) is 0. The first-order chi connectivity index (χ1) is 12.5. The van der Waals surface area contributed by atoms with Crippen LogP contribution in [0.15, 0.2) is 65.9 Å². The van der Waals surface area contributed by atoms with Crippen LogP contribution in [0.2, 0.25) is 0 Å². The van der Waals surface area contributed by atoms with Crippen molar-refractivity contribution in [1.82, 2.24) is 4.90 Å². The average molecular weight is 353 g/mol. The second-order valence-corrected chi connectivity index (χ2v) is 6.90. The fourth-order valence-corrected chi connectivity index (χ4v) is 3.81. The molecule has 1 N–H and O–H groups in total. The third kappa shape index (κ3) is 2.88. The van der Waals surface area contributed by atoms with Crippen LogP contribution >= 0.6 is 0 Å². The molecule has 4 nitrogen and oxygen atoms in total. The van der Waals surface area contributed by atoms with Gasteiger partial charge in [0.2, 0.25) is 6.29 Å². The number of halogens is 1. The van der Waals surface area contributed by atoms with Gasteiger partial charge in [0.25, 0.3) is 5.91 Å². The van der Waals surface area contributed by atoms with Gasteiger partial charge in [-0.2, -0.15) is 0 Å². The maximum Gasteiger partial charge on any atom is 0.289 e. The first-order valence-corrected chi connectivity index (χ1v) is 8.71. The molecule has 0 unspecified atom stereocenters. The number of carbonyl (C=O) groups excluding carboxylic acids is 1. The number of aliphatic hydroxyl groups excluding tert-OH is 1. The molecule has 3 atom stereocenters. The van der Waals surface area contributed by atoms with Crippen molar-refractivity contribution in [3.8, 4) is 0 Å². The van der Waals surface area contributed by atoms with E-state index in [4.69, 9.17) is 4.74 Å². The van der Waals surface area contributed by atoms with Gasteiger partial charge in [0.05, 0.1) is 0 Å². The van der Waals surface area contributed by atoms with E-state index in [9.17, 15) is 14.3 Å². The zero-order valence-electron chi connectivity index (χ0n) is 14.4. The van der Waals surface area contributed by atoms with Crippen LogP contribution in [-0.2, 0) is 16.1 Å². The summed E-state index contributed by atoms with van der Waals surface area (Å²) in [6, 6.07) is 16.0. The first-order valence-electron chi connectivity index (χ1n) is 8.71. The Labute approximate surface area is 151 Å². The van der Waals surface area contributed by atoms with Crippen LogP contribution in [0.1, 0.15) is 24.0 Å². The number of hydrogen-bond donors (Lipinski definition) is 1. The number of amides is 1. The second-order valence-electron chi connectivity index (χ2n) is 6.90. The van der Waals surface area contributed by atoms with Gasteiger partial charge in [-0.1, -0.05) is 49.4 Å². The van der Waals surface area contributed by atoms with Crippen molar-refractivity contribution in [2.24, 2.45) is 5.92 Å². The van der Waals surface area contributed by atoms with Crippen LogP contribution in [-0.4, -0.2) is 28.7 Å². The van der Waals surface area contributed by atoms with Crippen LogP contribution in [0.5, 0.6) is 0 Å². The molecule has 2 aromatic rings. The van der Waals surface area contributed by atoms with Gasteiger partial charge in [-0.25, -0.2) is 4.39 Å². The summed E-state index contributed by atoms with van der Waals surface area (Å²) < 4.78 is 18.9. The fourth-order valence-electron chi connectivity index (χ4n) is 3.81. The Morgan fingerprint density at radius 1 is 1.15 bits per heavy atom. The number of ether oxygens (including phenoxy) is 1. The molecular formula is C21H20FNO3. The van der Waals surface area contributed by atoms with Gasteiger partial charge >= 0.3 is 0 Å². The molecular weight excluding hydrogens is 333 g/mol. The number of aliphatic hydroxyl groups is 1. The largest absolute Gasteiger partial charge is 0.459 e. The third-order valence-electron chi connectivity index (χ3n) is 5.17. The highest BCUT2D eigenvalue weighted by Crippen LogP contribution is 2.44. The third-order valence-corrected chi connectivity index (χ3v) is 5.17. The Morgan fingerprint density at radius 2 is 1.85 bits per heavy atom.